The topological polar surface area (TPSA) is 80.1 Å². The molecule has 1 saturated heterocycles. The zero-order valence-electron chi connectivity index (χ0n) is 18.9. The Labute approximate surface area is 202 Å². The van der Waals surface area contributed by atoms with Crippen molar-refractivity contribution in [3.8, 4) is 0 Å². The molecule has 34 heavy (non-hydrogen) atoms. The Hall–Kier alpha value is -3.46. The second kappa shape index (κ2) is 10.6. The highest BCUT2D eigenvalue weighted by atomic mass is 32.2. The molecule has 0 radical (unpaired) electrons. The SMILES string of the molecule is C=CCn1c(SCC(=O)Nc2ccccc2F)nnc1C1CCCN1C(=O)c1ccc(C)cc1. The van der Waals surface area contributed by atoms with Crippen LogP contribution in [0.15, 0.2) is 66.3 Å². The molecule has 0 saturated carbocycles. The second-order valence-electron chi connectivity index (χ2n) is 8.08. The van der Waals surface area contributed by atoms with E-state index in [0.717, 1.165) is 18.4 Å². The number of amides is 2. The van der Waals surface area contributed by atoms with Crippen LogP contribution in [0.3, 0.4) is 0 Å². The molecular formula is C25H26FN5O2S. The fourth-order valence-electron chi connectivity index (χ4n) is 3.97. The molecule has 1 aliphatic rings. The van der Waals surface area contributed by atoms with Gasteiger partial charge in [0.15, 0.2) is 11.0 Å². The Bertz CT molecular complexity index is 1190. The number of aromatic nitrogens is 3. The number of thioether (sulfide) groups is 1. The first kappa shape index (κ1) is 23.7. The summed E-state index contributed by atoms with van der Waals surface area (Å²) in [6.45, 7) is 6.91. The molecule has 2 aromatic carbocycles. The highest BCUT2D eigenvalue weighted by Crippen LogP contribution is 2.34. The van der Waals surface area contributed by atoms with E-state index in [-0.39, 0.29) is 29.3 Å². The van der Waals surface area contributed by atoms with Gasteiger partial charge in [-0.25, -0.2) is 4.39 Å². The summed E-state index contributed by atoms with van der Waals surface area (Å²) in [6, 6.07) is 13.4. The van der Waals surface area contributed by atoms with Crippen molar-refractivity contribution in [2.45, 2.75) is 37.5 Å². The molecule has 4 rings (SSSR count). The molecule has 7 nitrogen and oxygen atoms in total. The molecule has 1 N–H and O–H groups in total. The number of para-hydroxylation sites is 1. The first-order chi connectivity index (χ1) is 16.5. The number of anilines is 1. The maximum atomic E-state index is 13.8. The largest absolute Gasteiger partial charge is 0.328 e. The van der Waals surface area contributed by atoms with Gasteiger partial charge in [0.2, 0.25) is 5.91 Å². The van der Waals surface area contributed by atoms with Crippen molar-refractivity contribution in [1.82, 2.24) is 19.7 Å². The monoisotopic (exact) mass is 479 g/mol. The number of hydrogen-bond acceptors (Lipinski definition) is 5. The van der Waals surface area contributed by atoms with E-state index in [1.807, 2.05) is 40.7 Å². The van der Waals surface area contributed by atoms with E-state index < -0.39 is 5.82 Å². The first-order valence-electron chi connectivity index (χ1n) is 11.1. The van der Waals surface area contributed by atoms with Crippen LogP contribution in [0, 0.1) is 12.7 Å². The van der Waals surface area contributed by atoms with Crippen LogP contribution >= 0.6 is 11.8 Å². The third-order valence-corrected chi connectivity index (χ3v) is 6.61. The quantitative estimate of drug-likeness (QED) is 0.377. The Morgan fingerprint density at radius 2 is 1.97 bits per heavy atom. The van der Waals surface area contributed by atoms with Crippen molar-refractivity contribution in [2.75, 3.05) is 17.6 Å². The normalized spacial score (nSPS) is 15.4. The molecule has 1 aliphatic heterocycles. The maximum absolute atomic E-state index is 13.8. The van der Waals surface area contributed by atoms with Crippen molar-refractivity contribution in [1.29, 1.82) is 0 Å². The Balaban J connectivity index is 1.49. The van der Waals surface area contributed by atoms with Gasteiger partial charge in [-0.2, -0.15) is 0 Å². The molecule has 2 amide bonds. The van der Waals surface area contributed by atoms with Gasteiger partial charge in [0.25, 0.3) is 5.91 Å². The summed E-state index contributed by atoms with van der Waals surface area (Å²) in [5, 5.41) is 11.8. The molecule has 176 valence electrons. The molecule has 3 aromatic rings. The number of carbonyl (C=O) groups excluding carboxylic acids is 2. The average Bonchev–Trinajstić information content (AvgIpc) is 3.46. The Morgan fingerprint density at radius 1 is 1.21 bits per heavy atom. The average molecular weight is 480 g/mol. The van der Waals surface area contributed by atoms with Gasteiger partial charge in [0.05, 0.1) is 17.5 Å². The van der Waals surface area contributed by atoms with Crippen molar-refractivity contribution in [3.05, 3.63) is 84.0 Å². The van der Waals surface area contributed by atoms with Gasteiger partial charge in [0.1, 0.15) is 5.82 Å². The number of benzene rings is 2. The third kappa shape index (κ3) is 5.20. The summed E-state index contributed by atoms with van der Waals surface area (Å²) in [5.41, 5.74) is 1.88. The standard InChI is InChI=1S/C25H26FN5O2S/c1-3-14-31-23(21-9-6-15-30(21)24(33)18-12-10-17(2)11-13-18)28-29-25(31)34-16-22(32)27-20-8-5-4-7-19(20)26/h3-5,7-8,10-13,21H,1,6,9,14-16H2,2H3,(H,27,32). The number of nitrogens with zero attached hydrogens (tertiary/aromatic N) is 4. The van der Waals surface area contributed by atoms with Crippen molar-refractivity contribution in [2.24, 2.45) is 0 Å². The van der Waals surface area contributed by atoms with Crippen LogP contribution in [0.5, 0.6) is 0 Å². The minimum atomic E-state index is -0.488. The minimum absolute atomic E-state index is 0.0332. The third-order valence-electron chi connectivity index (χ3n) is 5.65. The highest BCUT2D eigenvalue weighted by molar-refractivity contribution is 7.99. The summed E-state index contributed by atoms with van der Waals surface area (Å²) >= 11 is 1.21. The lowest BCUT2D eigenvalue weighted by molar-refractivity contribution is -0.113. The van der Waals surface area contributed by atoms with Gasteiger partial charge in [-0.05, 0) is 44.0 Å². The lowest BCUT2D eigenvalue weighted by atomic mass is 10.1. The fourth-order valence-corrected chi connectivity index (χ4v) is 4.73. The van der Waals surface area contributed by atoms with Crippen molar-refractivity contribution < 1.29 is 14.0 Å². The minimum Gasteiger partial charge on any atom is -0.328 e. The Kier molecular flexibility index (Phi) is 7.42. The fraction of sp³-hybridized carbons (Fsp3) is 0.280. The van der Waals surface area contributed by atoms with Gasteiger partial charge >= 0.3 is 0 Å². The summed E-state index contributed by atoms with van der Waals surface area (Å²) in [6.07, 6.45) is 3.39. The van der Waals surface area contributed by atoms with E-state index in [4.69, 9.17) is 0 Å². The van der Waals surface area contributed by atoms with Crippen LogP contribution in [-0.4, -0.2) is 43.8 Å². The van der Waals surface area contributed by atoms with Gasteiger partial charge in [-0.15, -0.1) is 16.8 Å². The smallest absolute Gasteiger partial charge is 0.254 e. The zero-order valence-corrected chi connectivity index (χ0v) is 19.7. The van der Waals surface area contributed by atoms with Crippen LogP contribution in [0.2, 0.25) is 0 Å². The second-order valence-corrected chi connectivity index (χ2v) is 9.02. The number of likely N-dealkylation sites (tertiary alicyclic amines) is 1. The number of halogens is 1. The number of hydrogen-bond donors (Lipinski definition) is 1. The molecule has 1 atom stereocenters. The predicted molar refractivity (Wildman–Crippen MR) is 130 cm³/mol. The molecule has 1 fully saturated rings. The molecule has 2 heterocycles. The van der Waals surface area contributed by atoms with E-state index in [9.17, 15) is 14.0 Å². The van der Waals surface area contributed by atoms with Crippen LogP contribution in [0.4, 0.5) is 10.1 Å². The summed E-state index contributed by atoms with van der Waals surface area (Å²) in [4.78, 5) is 27.4. The predicted octanol–water partition coefficient (Wildman–Crippen LogP) is 4.62. The Morgan fingerprint density at radius 3 is 2.71 bits per heavy atom. The molecule has 1 unspecified atom stereocenters. The maximum Gasteiger partial charge on any atom is 0.254 e. The van der Waals surface area contributed by atoms with E-state index >= 15 is 0 Å². The van der Waals surface area contributed by atoms with E-state index in [2.05, 4.69) is 22.1 Å². The number of nitrogens with one attached hydrogen (secondary N) is 1. The van der Waals surface area contributed by atoms with Crippen LogP contribution in [0.25, 0.3) is 0 Å². The van der Waals surface area contributed by atoms with E-state index in [1.165, 1.54) is 23.9 Å². The first-order valence-corrected chi connectivity index (χ1v) is 12.1. The van der Waals surface area contributed by atoms with Gasteiger partial charge in [0, 0.05) is 18.7 Å². The lowest BCUT2D eigenvalue weighted by Crippen LogP contribution is -2.32. The van der Waals surface area contributed by atoms with Crippen LogP contribution in [0.1, 0.15) is 40.6 Å². The lowest BCUT2D eigenvalue weighted by Gasteiger charge is -2.24. The van der Waals surface area contributed by atoms with Gasteiger partial charge in [-0.3, -0.25) is 9.59 Å². The molecule has 0 aliphatic carbocycles. The van der Waals surface area contributed by atoms with Gasteiger partial charge in [-0.1, -0.05) is 47.7 Å². The molecule has 0 spiro atoms. The molecule has 9 heteroatoms. The van der Waals surface area contributed by atoms with Crippen molar-refractivity contribution in [3.63, 3.8) is 0 Å². The number of aryl methyl sites for hydroxylation is 1. The molecule has 1 aromatic heterocycles. The molecule has 0 bridgehead atoms. The summed E-state index contributed by atoms with van der Waals surface area (Å²) in [5.74, 6) is -0.149. The number of rotatable bonds is 8. The summed E-state index contributed by atoms with van der Waals surface area (Å²) in [7, 11) is 0. The van der Waals surface area contributed by atoms with Crippen LogP contribution in [-0.2, 0) is 11.3 Å². The zero-order chi connectivity index (χ0) is 24.1. The van der Waals surface area contributed by atoms with Crippen LogP contribution < -0.4 is 5.32 Å². The summed E-state index contributed by atoms with van der Waals surface area (Å²) < 4.78 is 15.7. The van der Waals surface area contributed by atoms with Crippen molar-refractivity contribution >= 4 is 29.3 Å². The number of carbonyl (C=O) groups is 2. The highest BCUT2D eigenvalue weighted by Gasteiger charge is 2.34. The van der Waals surface area contributed by atoms with Gasteiger partial charge < -0.3 is 14.8 Å². The van der Waals surface area contributed by atoms with E-state index in [0.29, 0.717) is 29.6 Å². The number of allylic oxidation sites excluding steroid dienone is 1. The molecular weight excluding hydrogens is 453 g/mol. The van der Waals surface area contributed by atoms with E-state index in [1.54, 1.807) is 18.2 Å².